The number of hydrogen-bond donors (Lipinski definition) is 1. The summed E-state index contributed by atoms with van der Waals surface area (Å²) in [6, 6.07) is 3.80. The summed E-state index contributed by atoms with van der Waals surface area (Å²) >= 11 is 0. The monoisotopic (exact) mass is 291 g/mol. The van der Waals surface area contributed by atoms with E-state index in [1.165, 1.54) is 12.8 Å². The van der Waals surface area contributed by atoms with Crippen LogP contribution in [-0.2, 0) is 11.3 Å². The predicted molar refractivity (Wildman–Crippen MR) is 81.6 cm³/mol. The van der Waals surface area contributed by atoms with Crippen molar-refractivity contribution < 1.29 is 9.53 Å². The Morgan fingerprint density at radius 2 is 2.00 bits per heavy atom. The van der Waals surface area contributed by atoms with Crippen LogP contribution in [0.15, 0.2) is 24.5 Å². The van der Waals surface area contributed by atoms with Gasteiger partial charge in [0.05, 0.1) is 13.2 Å². The molecule has 1 aromatic heterocycles. The number of nitrogens with zero attached hydrogens (tertiary/aromatic N) is 2. The van der Waals surface area contributed by atoms with Crippen LogP contribution in [0.1, 0.15) is 38.2 Å². The van der Waals surface area contributed by atoms with E-state index in [2.05, 4.69) is 11.9 Å². The van der Waals surface area contributed by atoms with Crippen molar-refractivity contribution in [2.75, 3.05) is 13.2 Å². The molecule has 2 N–H and O–H groups in total. The summed E-state index contributed by atoms with van der Waals surface area (Å²) < 4.78 is 5.64. The van der Waals surface area contributed by atoms with E-state index < -0.39 is 0 Å². The van der Waals surface area contributed by atoms with Crippen LogP contribution in [0.5, 0.6) is 0 Å². The number of ether oxygens (including phenoxy) is 1. The fourth-order valence-electron chi connectivity index (χ4n) is 2.86. The Morgan fingerprint density at radius 1 is 1.33 bits per heavy atom. The molecule has 2 amide bonds. The lowest BCUT2D eigenvalue weighted by Crippen LogP contribution is -2.46. The highest BCUT2D eigenvalue weighted by atomic mass is 16.5. The maximum Gasteiger partial charge on any atom is 0.315 e. The number of primary amides is 1. The Morgan fingerprint density at radius 3 is 2.62 bits per heavy atom. The zero-order chi connectivity index (χ0) is 15.1. The van der Waals surface area contributed by atoms with Crippen LogP contribution in [0, 0.1) is 5.92 Å². The minimum Gasteiger partial charge on any atom is -0.375 e. The molecule has 0 aliphatic heterocycles. The highest BCUT2D eigenvalue weighted by Gasteiger charge is 2.25. The highest BCUT2D eigenvalue weighted by Crippen LogP contribution is 2.26. The molecule has 0 saturated heterocycles. The minimum absolute atomic E-state index is 0.281. The number of urea groups is 1. The van der Waals surface area contributed by atoms with Gasteiger partial charge in [-0.05, 0) is 49.3 Å². The second-order valence-corrected chi connectivity index (χ2v) is 5.85. The topological polar surface area (TPSA) is 68.4 Å². The second kappa shape index (κ2) is 7.98. The molecule has 0 aromatic carbocycles. The third kappa shape index (κ3) is 5.01. The molecule has 1 heterocycles. The Kier molecular flexibility index (Phi) is 5.99. The third-order valence-electron chi connectivity index (χ3n) is 4.20. The maximum atomic E-state index is 11.6. The van der Waals surface area contributed by atoms with E-state index in [0.717, 1.165) is 24.3 Å². The van der Waals surface area contributed by atoms with E-state index in [1.807, 2.05) is 12.1 Å². The van der Waals surface area contributed by atoms with Gasteiger partial charge in [0.1, 0.15) is 0 Å². The summed E-state index contributed by atoms with van der Waals surface area (Å²) in [5.74, 6) is 0.763. The van der Waals surface area contributed by atoms with E-state index in [9.17, 15) is 4.79 Å². The molecule has 0 bridgehead atoms. The molecule has 1 aliphatic carbocycles. The van der Waals surface area contributed by atoms with Crippen molar-refractivity contribution in [2.24, 2.45) is 11.7 Å². The van der Waals surface area contributed by atoms with Gasteiger partial charge in [0.25, 0.3) is 0 Å². The molecule has 2 rings (SSSR count). The molecule has 0 unspecified atom stereocenters. The fourth-order valence-corrected chi connectivity index (χ4v) is 2.86. The van der Waals surface area contributed by atoms with Crippen LogP contribution < -0.4 is 5.73 Å². The first-order chi connectivity index (χ1) is 10.2. The molecule has 0 atom stereocenters. The first-order valence-corrected chi connectivity index (χ1v) is 7.69. The van der Waals surface area contributed by atoms with Gasteiger partial charge in [-0.2, -0.15) is 0 Å². The molecule has 116 valence electrons. The van der Waals surface area contributed by atoms with Gasteiger partial charge in [-0.1, -0.05) is 6.92 Å². The van der Waals surface area contributed by atoms with Crippen LogP contribution in [0.25, 0.3) is 0 Å². The van der Waals surface area contributed by atoms with Crippen LogP contribution in [0.4, 0.5) is 4.79 Å². The molecule has 0 spiro atoms. The quantitative estimate of drug-likeness (QED) is 0.819. The van der Waals surface area contributed by atoms with Crippen molar-refractivity contribution in [1.29, 1.82) is 0 Å². The Balaban J connectivity index is 1.74. The lowest BCUT2D eigenvalue weighted by Gasteiger charge is -2.35. The van der Waals surface area contributed by atoms with Crippen molar-refractivity contribution in [3.05, 3.63) is 30.1 Å². The molecule has 1 saturated carbocycles. The van der Waals surface area contributed by atoms with E-state index in [1.54, 1.807) is 17.3 Å². The lowest BCUT2D eigenvalue weighted by atomic mass is 9.86. The van der Waals surface area contributed by atoms with Crippen molar-refractivity contribution in [1.82, 2.24) is 9.88 Å². The average molecular weight is 291 g/mol. The van der Waals surface area contributed by atoms with Crippen molar-refractivity contribution >= 4 is 6.03 Å². The second-order valence-electron chi connectivity index (χ2n) is 5.85. The number of nitrogens with two attached hydrogens (primary N) is 1. The molecule has 1 fully saturated rings. The third-order valence-corrected chi connectivity index (χ3v) is 4.20. The largest absolute Gasteiger partial charge is 0.375 e. The minimum atomic E-state index is -0.331. The number of carbonyl (C=O) groups excluding carboxylic acids is 1. The zero-order valence-corrected chi connectivity index (χ0v) is 12.7. The van der Waals surface area contributed by atoms with Crippen LogP contribution in [0.2, 0.25) is 0 Å². The molecule has 21 heavy (non-hydrogen) atoms. The number of rotatable bonds is 6. The van der Waals surface area contributed by atoms with Crippen LogP contribution >= 0.6 is 0 Å². The van der Waals surface area contributed by atoms with Gasteiger partial charge in [0, 0.05) is 25.0 Å². The highest BCUT2D eigenvalue weighted by molar-refractivity contribution is 5.72. The summed E-state index contributed by atoms with van der Waals surface area (Å²) in [4.78, 5) is 17.4. The summed E-state index contributed by atoms with van der Waals surface area (Å²) in [5.41, 5.74) is 6.60. The van der Waals surface area contributed by atoms with Crippen molar-refractivity contribution in [3.63, 3.8) is 0 Å². The van der Waals surface area contributed by atoms with Gasteiger partial charge < -0.3 is 15.4 Å². The lowest BCUT2D eigenvalue weighted by molar-refractivity contribution is 0.0801. The first kappa shape index (κ1) is 15.8. The fraction of sp³-hybridized carbons (Fsp3) is 0.625. The van der Waals surface area contributed by atoms with Gasteiger partial charge in [-0.3, -0.25) is 4.98 Å². The normalized spacial score (nSPS) is 22.0. The molecule has 5 nitrogen and oxygen atoms in total. The van der Waals surface area contributed by atoms with Crippen molar-refractivity contribution in [2.45, 2.75) is 45.3 Å². The Hall–Kier alpha value is -1.62. The number of hydrogen-bond acceptors (Lipinski definition) is 3. The number of amides is 2. The first-order valence-electron chi connectivity index (χ1n) is 7.69. The smallest absolute Gasteiger partial charge is 0.315 e. The number of aromatic nitrogens is 1. The van der Waals surface area contributed by atoms with Gasteiger partial charge in [0.15, 0.2) is 0 Å². The van der Waals surface area contributed by atoms with Crippen molar-refractivity contribution in [3.8, 4) is 0 Å². The van der Waals surface area contributed by atoms with E-state index >= 15 is 0 Å². The van der Waals surface area contributed by atoms with Crippen LogP contribution in [0.3, 0.4) is 0 Å². The number of pyridine rings is 1. The van der Waals surface area contributed by atoms with Gasteiger partial charge in [-0.15, -0.1) is 0 Å². The van der Waals surface area contributed by atoms with E-state index in [0.29, 0.717) is 19.8 Å². The van der Waals surface area contributed by atoms with Gasteiger partial charge >= 0.3 is 6.03 Å². The molecule has 1 aliphatic rings. The molecular weight excluding hydrogens is 266 g/mol. The Bertz CT molecular complexity index is 430. The SMILES string of the molecule is CC1CCC(N(CCOCc2ccncc2)C(N)=O)CC1. The van der Waals surface area contributed by atoms with E-state index in [4.69, 9.17) is 10.5 Å². The Labute approximate surface area is 126 Å². The standard InChI is InChI=1S/C16H25N3O2/c1-13-2-4-15(5-3-13)19(16(17)20)10-11-21-12-14-6-8-18-9-7-14/h6-9,13,15H,2-5,10-12H2,1H3,(H2,17,20). The number of carbonyl (C=O) groups is 1. The summed E-state index contributed by atoms with van der Waals surface area (Å²) in [7, 11) is 0. The molecular formula is C16H25N3O2. The summed E-state index contributed by atoms with van der Waals surface area (Å²) in [6.07, 6.45) is 7.94. The predicted octanol–water partition coefficient (Wildman–Crippen LogP) is 2.56. The van der Waals surface area contributed by atoms with Gasteiger partial charge in [0.2, 0.25) is 0 Å². The molecule has 5 heteroatoms. The molecule has 0 radical (unpaired) electrons. The maximum absolute atomic E-state index is 11.6. The summed E-state index contributed by atoms with van der Waals surface area (Å²) in [6.45, 7) is 3.89. The van der Waals surface area contributed by atoms with Gasteiger partial charge in [-0.25, -0.2) is 4.79 Å². The average Bonchev–Trinajstić information content (AvgIpc) is 2.49. The molecule has 1 aromatic rings. The van der Waals surface area contributed by atoms with E-state index in [-0.39, 0.29) is 12.1 Å². The zero-order valence-electron chi connectivity index (χ0n) is 12.7. The van der Waals surface area contributed by atoms with Crippen LogP contribution in [-0.4, -0.2) is 35.1 Å². The summed E-state index contributed by atoms with van der Waals surface area (Å²) in [5, 5.41) is 0.